The van der Waals surface area contributed by atoms with Crippen LogP contribution in [0.25, 0.3) is 0 Å². The second-order valence-corrected chi connectivity index (χ2v) is 10.3. The van der Waals surface area contributed by atoms with E-state index in [2.05, 4.69) is 34.6 Å². The summed E-state index contributed by atoms with van der Waals surface area (Å²) < 4.78 is 0. The van der Waals surface area contributed by atoms with Crippen LogP contribution in [0.2, 0.25) is 0 Å². The zero-order valence-corrected chi connectivity index (χ0v) is 8.56. The molecule has 0 amide bonds. The quantitative estimate of drug-likeness (QED) is 0.666. The van der Waals surface area contributed by atoms with Gasteiger partial charge < -0.3 is 5.73 Å². The first kappa shape index (κ1) is 9.19. The van der Waals surface area contributed by atoms with E-state index >= 15 is 0 Å². The molecule has 0 unspecified atom stereocenters. The smallest absolute Gasteiger partial charge is 0.219 e. The fourth-order valence-corrected chi connectivity index (χ4v) is 1.60. The minimum absolute atomic E-state index is 0.315. The molecule has 0 aliphatic rings. The summed E-state index contributed by atoms with van der Waals surface area (Å²) in [5.41, 5.74) is 5.38. The highest BCUT2D eigenvalue weighted by Crippen LogP contribution is 2.53. The standard InChI is InChI=1S/C8H15N3S/c1-12(2,3,4)7-5-10-8(9)11-6-7/h5-6H,1H2,2-4H3,(H2,9,10,11). The zero-order chi connectivity index (χ0) is 9.43. The Bertz CT molecular complexity index is 336. The van der Waals surface area contributed by atoms with Crippen molar-refractivity contribution in [1.29, 1.82) is 0 Å². The van der Waals surface area contributed by atoms with E-state index in [0.29, 0.717) is 5.95 Å². The van der Waals surface area contributed by atoms with Crippen molar-refractivity contribution in [2.45, 2.75) is 4.90 Å². The first-order valence-corrected chi connectivity index (χ1v) is 6.98. The van der Waals surface area contributed by atoms with E-state index in [0.717, 1.165) is 4.90 Å². The Kier molecular flexibility index (Phi) is 1.76. The molecule has 0 saturated heterocycles. The van der Waals surface area contributed by atoms with Crippen molar-refractivity contribution >= 4 is 20.6 Å². The summed E-state index contributed by atoms with van der Waals surface area (Å²) in [5, 5.41) is 0. The summed E-state index contributed by atoms with van der Waals surface area (Å²) in [5.74, 6) is 4.50. The van der Waals surface area contributed by atoms with Gasteiger partial charge in [-0.15, -0.1) is 0 Å². The van der Waals surface area contributed by atoms with Gasteiger partial charge in [-0.05, 0) is 18.8 Å². The van der Waals surface area contributed by atoms with Crippen molar-refractivity contribution in [3.8, 4) is 0 Å². The highest BCUT2D eigenvalue weighted by molar-refractivity contribution is 8.45. The molecule has 0 aliphatic heterocycles. The van der Waals surface area contributed by atoms with E-state index in [1.807, 2.05) is 0 Å². The number of rotatable bonds is 1. The summed E-state index contributed by atoms with van der Waals surface area (Å²) in [7, 11) is -1.71. The number of nitrogen functional groups attached to an aromatic ring is 1. The maximum atomic E-state index is 5.38. The molecule has 2 N–H and O–H groups in total. The second-order valence-electron chi connectivity index (χ2n) is 4.12. The third-order valence-electron chi connectivity index (χ3n) is 1.52. The third kappa shape index (κ3) is 2.04. The summed E-state index contributed by atoms with van der Waals surface area (Å²) in [4.78, 5) is 8.97. The highest BCUT2D eigenvalue weighted by Gasteiger charge is 2.14. The van der Waals surface area contributed by atoms with Gasteiger partial charge in [0, 0.05) is 17.3 Å². The number of hydrogen-bond acceptors (Lipinski definition) is 3. The molecule has 0 aliphatic carbocycles. The van der Waals surface area contributed by atoms with Crippen LogP contribution in [-0.4, -0.2) is 34.6 Å². The predicted octanol–water partition coefficient (Wildman–Crippen LogP) is 1.08. The van der Waals surface area contributed by atoms with Crippen LogP contribution in [0.15, 0.2) is 17.3 Å². The number of nitrogens with two attached hydrogens (primary N) is 1. The molecule has 1 aromatic rings. The van der Waals surface area contributed by atoms with Crippen molar-refractivity contribution in [2.24, 2.45) is 0 Å². The molecule has 0 radical (unpaired) electrons. The summed E-state index contributed by atoms with van der Waals surface area (Å²) in [6, 6.07) is 0. The van der Waals surface area contributed by atoms with Crippen molar-refractivity contribution in [3.05, 3.63) is 12.4 Å². The molecule has 1 rings (SSSR count). The highest BCUT2D eigenvalue weighted by atomic mass is 32.3. The fourth-order valence-electron chi connectivity index (χ4n) is 0.717. The average molecular weight is 185 g/mol. The van der Waals surface area contributed by atoms with Gasteiger partial charge in [0.1, 0.15) is 0 Å². The number of hydrogen-bond donors (Lipinski definition) is 1. The molecular weight excluding hydrogens is 170 g/mol. The lowest BCUT2D eigenvalue weighted by Crippen LogP contribution is -2.04. The normalized spacial score (nSPS) is 15.1. The van der Waals surface area contributed by atoms with Crippen LogP contribution in [0.1, 0.15) is 0 Å². The van der Waals surface area contributed by atoms with Gasteiger partial charge in [0.25, 0.3) is 0 Å². The Balaban J connectivity index is 3.24. The Morgan fingerprint density at radius 3 is 2.00 bits per heavy atom. The van der Waals surface area contributed by atoms with Crippen LogP contribution in [0.4, 0.5) is 5.95 Å². The van der Waals surface area contributed by atoms with E-state index in [1.54, 1.807) is 12.4 Å². The van der Waals surface area contributed by atoms with Gasteiger partial charge in [0.15, 0.2) is 0 Å². The molecule has 0 bridgehead atoms. The van der Waals surface area contributed by atoms with Crippen molar-refractivity contribution in [1.82, 2.24) is 9.97 Å². The minimum Gasteiger partial charge on any atom is -0.368 e. The van der Waals surface area contributed by atoms with Gasteiger partial charge in [-0.3, -0.25) is 0 Å². The number of aromatic nitrogens is 2. The van der Waals surface area contributed by atoms with Crippen LogP contribution in [-0.2, 0) is 0 Å². The first-order valence-electron chi connectivity index (χ1n) is 3.55. The Hall–Kier alpha value is -0.900. The van der Waals surface area contributed by atoms with E-state index in [1.165, 1.54) is 0 Å². The van der Waals surface area contributed by atoms with Gasteiger partial charge in [0.05, 0.1) is 0 Å². The van der Waals surface area contributed by atoms with Crippen molar-refractivity contribution < 1.29 is 0 Å². The van der Waals surface area contributed by atoms with E-state index in [4.69, 9.17) is 5.73 Å². The SMILES string of the molecule is C=S(C)(C)(C)c1cnc(N)nc1. The molecule has 0 atom stereocenters. The lowest BCUT2D eigenvalue weighted by atomic mass is 10.7. The lowest BCUT2D eigenvalue weighted by molar-refractivity contribution is 1.11. The summed E-state index contributed by atoms with van der Waals surface area (Å²) in [6.07, 6.45) is 9.92. The van der Waals surface area contributed by atoms with E-state index in [-0.39, 0.29) is 0 Å². The monoisotopic (exact) mass is 185 g/mol. The molecule has 0 fully saturated rings. The van der Waals surface area contributed by atoms with Crippen LogP contribution in [0.5, 0.6) is 0 Å². The average Bonchev–Trinajstić information content (AvgIpc) is 1.84. The van der Waals surface area contributed by atoms with Crippen molar-refractivity contribution in [2.75, 3.05) is 24.5 Å². The predicted molar refractivity (Wildman–Crippen MR) is 57.2 cm³/mol. The maximum Gasteiger partial charge on any atom is 0.219 e. The number of anilines is 1. The van der Waals surface area contributed by atoms with Crippen molar-refractivity contribution in [3.63, 3.8) is 0 Å². The van der Waals surface area contributed by atoms with Gasteiger partial charge in [0.2, 0.25) is 5.95 Å². The van der Waals surface area contributed by atoms with E-state index in [9.17, 15) is 0 Å². The maximum absolute atomic E-state index is 5.38. The minimum atomic E-state index is -1.71. The molecular formula is C8H15N3S. The van der Waals surface area contributed by atoms with E-state index < -0.39 is 8.75 Å². The summed E-state index contributed by atoms with van der Waals surface area (Å²) in [6.45, 7) is 0. The first-order chi connectivity index (χ1) is 5.26. The van der Waals surface area contributed by atoms with Crippen LogP contribution < -0.4 is 5.73 Å². The molecule has 4 heteroatoms. The Morgan fingerprint density at radius 2 is 1.67 bits per heavy atom. The van der Waals surface area contributed by atoms with Gasteiger partial charge >= 0.3 is 0 Å². The van der Waals surface area contributed by atoms with Gasteiger partial charge in [-0.25, -0.2) is 18.7 Å². The Morgan fingerprint density at radius 1 is 1.25 bits per heavy atom. The molecule has 0 spiro atoms. The van der Waals surface area contributed by atoms with Gasteiger partial charge in [-0.1, -0.05) is 5.87 Å². The summed E-state index contributed by atoms with van der Waals surface area (Å²) >= 11 is 0. The molecule has 1 aromatic heterocycles. The van der Waals surface area contributed by atoms with Crippen LogP contribution >= 0.6 is 8.75 Å². The molecule has 0 saturated carbocycles. The lowest BCUT2D eigenvalue weighted by Gasteiger charge is -2.34. The van der Waals surface area contributed by atoms with Gasteiger partial charge in [-0.2, -0.15) is 0 Å². The topological polar surface area (TPSA) is 51.8 Å². The second kappa shape index (κ2) is 2.29. The molecule has 0 aromatic carbocycles. The Labute approximate surface area is 72.9 Å². The largest absolute Gasteiger partial charge is 0.368 e. The zero-order valence-electron chi connectivity index (χ0n) is 7.74. The molecule has 12 heavy (non-hydrogen) atoms. The fraction of sp³-hybridized carbons (Fsp3) is 0.375. The van der Waals surface area contributed by atoms with Crippen LogP contribution in [0.3, 0.4) is 0 Å². The molecule has 3 nitrogen and oxygen atoms in total. The van der Waals surface area contributed by atoms with Crippen LogP contribution in [0, 0.1) is 0 Å². The number of nitrogens with zero attached hydrogens (tertiary/aromatic N) is 2. The third-order valence-corrected chi connectivity index (χ3v) is 3.48. The molecule has 1 heterocycles. The molecule has 68 valence electrons.